The summed E-state index contributed by atoms with van der Waals surface area (Å²) < 4.78 is 2.00. The second kappa shape index (κ2) is 7.14. The second-order valence-electron chi connectivity index (χ2n) is 5.91. The van der Waals surface area contributed by atoms with E-state index in [-0.39, 0.29) is 0 Å². The lowest BCUT2D eigenvalue weighted by molar-refractivity contribution is 0.996. The van der Waals surface area contributed by atoms with Crippen molar-refractivity contribution in [1.29, 1.82) is 0 Å². The molecule has 6 nitrogen and oxygen atoms in total. The topological polar surface area (TPSA) is 68.5 Å². The molecule has 26 heavy (non-hydrogen) atoms. The normalized spacial score (nSPS) is 10.7. The summed E-state index contributed by atoms with van der Waals surface area (Å²) >= 11 is 0. The molecule has 3 aromatic heterocycles. The van der Waals surface area contributed by atoms with E-state index in [2.05, 4.69) is 37.4 Å². The van der Waals surface area contributed by atoms with Gasteiger partial charge in [0.05, 0.1) is 12.0 Å². The fourth-order valence-electron chi connectivity index (χ4n) is 2.78. The Labute approximate surface area is 151 Å². The van der Waals surface area contributed by atoms with Crippen LogP contribution in [0.4, 0.5) is 5.82 Å². The van der Waals surface area contributed by atoms with Crippen molar-refractivity contribution in [3.8, 4) is 17.1 Å². The predicted molar refractivity (Wildman–Crippen MR) is 101 cm³/mol. The van der Waals surface area contributed by atoms with Crippen LogP contribution in [0.1, 0.15) is 11.3 Å². The quantitative estimate of drug-likeness (QED) is 0.600. The van der Waals surface area contributed by atoms with Gasteiger partial charge >= 0.3 is 0 Å². The van der Waals surface area contributed by atoms with E-state index < -0.39 is 0 Å². The first-order valence-electron chi connectivity index (χ1n) is 8.36. The Hall–Kier alpha value is -3.54. The number of hydrogen-bond acceptors (Lipinski definition) is 5. The van der Waals surface area contributed by atoms with Crippen molar-refractivity contribution >= 4 is 5.82 Å². The molecule has 0 fully saturated rings. The molecule has 3 heterocycles. The van der Waals surface area contributed by atoms with E-state index in [1.54, 1.807) is 24.9 Å². The number of hydrogen-bond donors (Lipinski definition) is 1. The van der Waals surface area contributed by atoms with E-state index in [1.165, 1.54) is 0 Å². The van der Waals surface area contributed by atoms with E-state index >= 15 is 0 Å². The largest absolute Gasteiger partial charge is 0.366 e. The van der Waals surface area contributed by atoms with E-state index in [1.807, 2.05) is 48.0 Å². The molecule has 4 aromatic rings. The molecule has 0 amide bonds. The third-order valence-corrected chi connectivity index (χ3v) is 4.01. The highest BCUT2D eigenvalue weighted by atomic mass is 15.1. The molecule has 0 aliphatic carbocycles. The van der Waals surface area contributed by atoms with Gasteiger partial charge in [-0.3, -0.25) is 4.98 Å². The molecule has 0 saturated heterocycles. The summed E-state index contributed by atoms with van der Waals surface area (Å²) in [7, 11) is 0. The van der Waals surface area contributed by atoms with E-state index in [0.29, 0.717) is 12.4 Å². The van der Waals surface area contributed by atoms with E-state index in [0.717, 1.165) is 28.3 Å². The highest BCUT2D eigenvalue weighted by molar-refractivity contribution is 5.56. The lowest BCUT2D eigenvalue weighted by Gasteiger charge is -2.12. The molecule has 0 atom stereocenters. The van der Waals surface area contributed by atoms with Crippen LogP contribution in [0.3, 0.4) is 0 Å². The number of aromatic nitrogens is 5. The third kappa shape index (κ3) is 3.44. The summed E-state index contributed by atoms with van der Waals surface area (Å²) in [5.74, 6) is 1.46. The van der Waals surface area contributed by atoms with Crippen molar-refractivity contribution in [2.45, 2.75) is 13.5 Å². The van der Waals surface area contributed by atoms with Gasteiger partial charge in [0.25, 0.3) is 0 Å². The van der Waals surface area contributed by atoms with Gasteiger partial charge in [0.1, 0.15) is 5.82 Å². The maximum Gasteiger partial charge on any atom is 0.163 e. The highest BCUT2D eigenvalue weighted by Gasteiger charge is 2.07. The molecular weight excluding hydrogens is 324 g/mol. The minimum absolute atomic E-state index is 0.650. The molecule has 0 saturated carbocycles. The van der Waals surface area contributed by atoms with Crippen LogP contribution in [0, 0.1) is 6.92 Å². The number of anilines is 1. The van der Waals surface area contributed by atoms with Crippen LogP contribution in [-0.2, 0) is 6.54 Å². The van der Waals surface area contributed by atoms with E-state index in [9.17, 15) is 0 Å². The number of imidazole rings is 1. The number of pyridine rings is 1. The first kappa shape index (κ1) is 16.0. The van der Waals surface area contributed by atoms with Crippen LogP contribution >= 0.6 is 0 Å². The van der Waals surface area contributed by atoms with Crippen molar-refractivity contribution in [1.82, 2.24) is 24.5 Å². The van der Waals surface area contributed by atoms with Gasteiger partial charge in [-0.15, -0.1) is 0 Å². The molecule has 6 heteroatoms. The molecule has 1 N–H and O–H groups in total. The van der Waals surface area contributed by atoms with Gasteiger partial charge in [-0.2, -0.15) is 0 Å². The van der Waals surface area contributed by atoms with Gasteiger partial charge in [-0.1, -0.05) is 18.2 Å². The molecule has 0 aliphatic rings. The average Bonchev–Trinajstić information content (AvgIpc) is 3.21. The van der Waals surface area contributed by atoms with Crippen molar-refractivity contribution in [3.05, 3.63) is 84.8 Å². The third-order valence-electron chi connectivity index (χ3n) is 4.01. The molecule has 4 rings (SSSR count). The number of benzene rings is 1. The summed E-state index contributed by atoms with van der Waals surface area (Å²) in [6.07, 6.45) is 9.03. The van der Waals surface area contributed by atoms with Crippen LogP contribution in [0.15, 0.2) is 73.6 Å². The molecule has 128 valence electrons. The van der Waals surface area contributed by atoms with Gasteiger partial charge < -0.3 is 9.88 Å². The Bertz CT molecular complexity index is 996. The maximum atomic E-state index is 4.63. The van der Waals surface area contributed by atoms with Gasteiger partial charge in [0.2, 0.25) is 0 Å². The summed E-state index contributed by atoms with van der Waals surface area (Å²) in [5, 5.41) is 3.41. The summed E-state index contributed by atoms with van der Waals surface area (Å²) in [5.41, 5.74) is 4.06. The van der Waals surface area contributed by atoms with Crippen molar-refractivity contribution in [2.75, 3.05) is 5.32 Å². The number of nitrogens with one attached hydrogen (secondary N) is 1. The van der Waals surface area contributed by atoms with Crippen LogP contribution in [0.25, 0.3) is 17.1 Å². The summed E-state index contributed by atoms with van der Waals surface area (Å²) in [4.78, 5) is 17.4. The Morgan fingerprint density at radius 1 is 1.00 bits per heavy atom. The Morgan fingerprint density at radius 3 is 2.73 bits per heavy atom. The summed E-state index contributed by atoms with van der Waals surface area (Å²) in [6.45, 7) is 2.61. The molecular formula is C20H18N6. The van der Waals surface area contributed by atoms with Gasteiger partial charge in [-0.25, -0.2) is 15.0 Å². The highest BCUT2D eigenvalue weighted by Crippen LogP contribution is 2.19. The number of rotatable bonds is 5. The molecule has 0 aliphatic heterocycles. The van der Waals surface area contributed by atoms with E-state index in [4.69, 9.17) is 0 Å². The minimum Gasteiger partial charge on any atom is -0.366 e. The zero-order valence-electron chi connectivity index (χ0n) is 14.4. The first-order valence-corrected chi connectivity index (χ1v) is 8.36. The summed E-state index contributed by atoms with van der Waals surface area (Å²) in [6, 6.07) is 14.0. The van der Waals surface area contributed by atoms with Crippen LogP contribution in [0.5, 0.6) is 0 Å². The maximum absolute atomic E-state index is 4.63. The van der Waals surface area contributed by atoms with Gasteiger partial charge in [0.15, 0.2) is 5.82 Å². The lowest BCUT2D eigenvalue weighted by Crippen LogP contribution is -2.07. The lowest BCUT2D eigenvalue weighted by atomic mass is 10.1. The van der Waals surface area contributed by atoms with Gasteiger partial charge in [0, 0.05) is 48.7 Å². The smallest absolute Gasteiger partial charge is 0.163 e. The fraction of sp³-hybridized carbons (Fsp3) is 0.100. The Kier molecular flexibility index (Phi) is 4.38. The average molecular weight is 342 g/mol. The number of para-hydroxylation sites is 1. The Morgan fingerprint density at radius 2 is 1.92 bits per heavy atom. The monoisotopic (exact) mass is 342 g/mol. The molecule has 0 spiro atoms. The fourth-order valence-corrected chi connectivity index (χ4v) is 2.78. The number of aryl methyl sites for hydroxylation is 1. The van der Waals surface area contributed by atoms with Crippen LogP contribution in [0.2, 0.25) is 0 Å². The van der Waals surface area contributed by atoms with Crippen molar-refractivity contribution in [2.24, 2.45) is 0 Å². The van der Waals surface area contributed by atoms with Crippen LogP contribution in [-0.4, -0.2) is 24.5 Å². The standard InChI is InChI=1S/C20H18N6/c1-15-11-19(25-20(24-15)17-6-4-8-21-12-17)23-13-16-5-2-3-7-18(16)26-10-9-22-14-26/h2-12,14H,13H2,1H3,(H,23,24,25). The van der Waals surface area contributed by atoms with Crippen LogP contribution < -0.4 is 5.32 Å². The molecule has 0 bridgehead atoms. The molecule has 1 aromatic carbocycles. The zero-order chi connectivity index (χ0) is 17.8. The predicted octanol–water partition coefficient (Wildman–Crippen LogP) is 3.64. The van der Waals surface area contributed by atoms with Gasteiger partial charge in [-0.05, 0) is 30.7 Å². The minimum atomic E-state index is 0.650. The first-order chi connectivity index (χ1) is 12.8. The SMILES string of the molecule is Cc1cc(NCc2ccccc2-n2ccnc2)nc(-c2cccnc2)n1. The van der Waals surface area contributed by atoms with Crippen molar-refractivity contribution < 1.29 is 0 Å². The number of nitrogens with zero attached hydrogens (tertiary/aromatic N) is 5. The Balaban J connectivity index is 1.59. The molecule has 0 unspecified atom stereocenters. The zero-order valence-corrected chi connectivity index (χ0v) is 14.4. The van der Waals surface area contributed by atoms with Crippen molar-refractivity contribution in [3.63, 3.8) is 0 Å². The second-order valence-corrected chi connectivity index (χ2v) is 5.91. The molecule has 0 radical (unpaired) electrons.